The molecule has 0 spiro atoms. The molecule has 0 unspecified atom stereocenters. The highest BCUT2D eigenvalue weighted by atomic mass is 32.2. The van der Waals surface area contributed by atoms with Crippen LogP contribution in [0.3, 0.4) is 0 Å². The van der Waals surface area contributed by atoms with Gasteiger partial charge in [-0.2, -0.15) is 0 Å². The van der Waals surface area contributed by atoms with Gasteiger partial charge < -0.3 is 14.4 Å². The van der Waals surface area contributed by atoms with Gasteiger partial charge in [-0.25, -0.2) is 8.42 Å². The van der Waals surface area contributed by atoms with Crippen LogP contribution in [-0.4, -0.2) is 40.5 Å². The summed E-state index contributed by atoms with van der Waals surface area (Å²) < 4.78 is 38.8. The molecule has 0 radical (unpaired) electrons. The van der Waals surface area contributed by atoms with Gasteiger partial charge >= 0.3 is 0 Å². The molecule has 0 atom stereocenters. The number of carbonyl (C=O) groups is 1. The Bertz CT molecular complexity index is 1140. The Labute approximate surface area is 182 Å². The summed E-state index contributed by atoms with van der Waals surface area (Å²) in [6.45, 7) is 0.227. The summed E-state index contributed by atoms with van der Waals surface area (Å²) in [7, 11) is 0.900. The average molecular weight is 441 g/mol. The summed E-state index contributed by atoms with van der Waals surface area (Å²) in [6, 6.07) is 19.9. The van der Waals surface area contributed by atoms with Gasteiger partial charge in [-0.3, -0.25) is 9.52 Å². The molecule has 0 fully saturated rings. The molecule has 0 saturated heterocycles. The van der Waals surface area contributed by atoms with E-state index in [1.165, 1.54) is 17.0 Å². The number of anilines is 1. The maximum absolute atomic E-state index is 13.0. The Hall–Kier alpha value is -3.52. The zero-order valence-electron chi connectivity index (χ0n) is 17.5. The quantitative estimate of drug-likeness (QED) is 0.576. The van der Waals surface area contributed by atoms with Crippen LogP contribution in [0.5, 0.6) is 11.5 Å². The number of para-hydroxylation sites is 1. The minimum atomic E-state index is -3.84. The molecule has 3 aromatic carbocycles. The second-order valence-corrected chi connectivity index (χ2v) is 8.48. The van der Waals surface area contributed by atoms with Crippen LogP contribution in [-0.2, 0) is 16.6 Å². The van der Waals surface area contributed by atoms with E-state index in [0.717, 1.165) is 5.56 Å². The maximum Gasteiger partial charge on any atom is 0.261 e. The fraction of sp³-hybridized carbons (Fsp3) is 0.174. The fourth-order valence-corrected chi connectivity index (χ4v) is 4.23. The van der Waals surface area contributed by atoms with E-state index >= 15 is 0 Å². The van der Waals surface area contributed by atoms with E-state index in [2.05, 4.69) is 4.72 Å². The van der Waals surface area contributed by atoms with Crippen LogP contribution in [0.25, 0.3) is 0 Å². The van der Waals surface area contributed by atoms with E-state index in [4.69, 9.17) is 9.47 Å². The van der Waals surface area contributed by atoms with Gasteiger partial charge in [0.25, 0.3) is 15.9 Å². The zero-order valence-corrected chi connectivity index (χ0v) is 18.3. The van der Waals surface area contributed by atoms with Crippen LogP contribution in [0.15, 0.2) is 77.7 Å². The van der Waals surface area contributed by atoms with Gasteiger partial charge in [-0.15, -0.1) is 0 Å². The number of amides is 1. The molecule has 7 nitrogen and oxygen atoms in total. The molecule has 0 aliphatic rings. The van der Waals surface area contributed by atoms with Gasteiger partial charge in [-0.05, 0) is 42.5 Å². The van der Waals surface area contributed by atoms with Crippen molar-refractivity contribution >= 4 is 21.6 Å². The number of carbonyl (C=O) groups excluding carboxylic acids is 1. The van der Waals surface area contributed by atoms with Crippen LogP contribution in [0, 0.1) is 0 Å². The SMILES string of the molecule is COc1cccc(OC)c1CN(C)C(=O)c1cccc(S(=O)(=O)Nc2ccccc2)c1. The highest BCUT2D eigenvalue weighted by Gasteiger charge is 2.20. The first kappa shape index (κ1) is 22.2. The Balaban J connectivity index is 1.83. The molecule has 3 aromatic rings. The molecule has 8 heteroatoms. The number of nitrogens with zero attached hydrogens (tertiary/aromatic N) is 1. The van der Waals surface area contributed by atoms with E-state index < -0.39 is 10.0 Å². The van der Waals surface area contributed by atoms with Gasteiger partial charge in [0.1, 0.15) is 11.5 Å². The van der Waals surface area contributed by atoms with Gasteiger partial charge in [0.15, 0.2) is 0 Å². The fourth-order valence-electron chi connectivity index (χ4n) is 3.13. The van der Waals surface area contributed by atoms with E-state index in [-0.39, 0.29) is 22.9 Å². The summed E-state index contributed by atoms with van der Waals surface area (Å²) in [5.41, 5.74) is 1.42. The summed E-state index contributed by atoms with van der Waals surface area (Å²) >= 11 is 0. The first-order valence-electron chi connectivity index (χ1n) is 9.49. The zero-order chi connectivity index (χ0) is 22.4. The lowest BCUT2D eigenvalue weighted by molar-refractivity contribution is 0.0783. The Morgan fingerprint density at radius 1 is 0.903 bits per heavy atom. The number of benzene rings is 3. The topological polar surface area (TPSA) is 84.9 Å². The number of rotatable bonds is 8. The second-order valence-electron chi connectivity index (χ2n) is 6.80. The highest BCUT2D eigenvalue weighted by molar-refractivity contribution is 7.92. The Morgan fingerprint density at radius 3 is 2.13 bits per heavy atom. The number of nitrogens with one attached hydrogen (secondary N) is 1. The smallest absolute Gasteiger partial charge is 0.261 e. The van der Waals surface area contributed by atoms with Crippen molar-refractivity contribution in [3.8, 4) is 11.5 Å². The molecule has 0 heterocycles. The van der Waals surface area contributed by atoms with E-state index in [1.54, 1.807) is 81.9 Å². The summed E-state index contributed by atoms with van der Waals surface area (Å²) in [5, 5.41) is 0. The molecule has 0 aliphatic carbocycles. The van der Waals surface area contributed by atoms with E-state index in [9.17, 15) is 13.2 Å². The van der Waals surface area contributed by atoms with E-state index in [0.29, 0.717) is 17.2 Å². The van der Waals surface area contributed by atoms with Crippen molar-refractivity contribution in [1.82, 2.24) is 4.90 Å². The van der Waals surface area contributed by atoms with Crippen LogP contribution in [0.4, 0.5) is 5.69 Å². The summed E-state index contributed by atoms with van der Waals surface area (Å²) in [5.74, 6) is 0.870. The van der Waals surface area contributed by atoms with Crippen molar-refractivity contribution < 1.29 is 22.7 Å². The van der Waals surface area contributed by atoms with Gasteiger partial charge in [-0.1, -0.05) is 30.3 Å². The molecule has 0 bridgehead atoms. The van der Waals surface area contributed by atoms with Gasteiger partial charge in [0, 0.05) is 18.3 Å². The third-order valence-electron chi connectivity index (χ3n) is 4.69. The van der Waals surface area contributed by atoms with Crippen molar-refractivity contribution in [3.05, 3.63) is 83.9 Å². The molecule has 1 N–H and O–H groups in total. The molecule has 162 valence electrons. The third kappa shape index (κ3) is 5.16. The lowest BCUT2D eigenvalue weighted by Crippen LogP contribution is -2.27. The highest BCUT2D eigenvalue weighted by Crippen LogP contribution is 2.29. The monoisotopic (exact) mass is 440 g/mol. The molecule has 3 rings (SSSR count). The largest absolute Gasteiger partial charge is 0.496 e. The van der Waals surface area contributed by atoms with Crippen LogP contribution < -0.4 is 14.2 Å². The number of ether oxygens (including phenoxy) is 2. The number of sulfonamides is 1. The van der Waals surface area contributed by atoms with Gasteiger partial charge in [0.05, 0.1) is 31.2 Å². The predicted octanol–water partition coefficient (Wildman–Crippen LogP) is 3.78. The minimum absolute atomic E-state index is 0.00507. The van der Waals surface area contributed by atoms with Crippen LogP contribution in [0.2, 0.25) is 0 Å². The van der Waals surface area contributed by atoms with E-state index in [1.807, 2.05) is 0 Å². The van der Waals surface area contributed by atoms with Crippen LogP contribution >= 0.6 is 0 Å². The summed E-state index contributed by atoms with van der Waals surface area (Å²) in [6.07, 6.45) is 0. The maximum atomic E-state index is 13.0. The van der Waals surface area contributed by atoms with Crippen molar-refractivity contribution in [2.24, 2.45) is 0 Å². The molecule has 0 aliphatic heterocycles. The summed E-state index contributed by atoms with van der Waals surface area (Å²) in [4.78, 5) is 14.5. The van der Waals surface area contributed by atoms with Gasteiger partial charge in [0.2, 0.25) is 0 Å². The molecule has 0 saturated carbocycles. The average Bonchev–Trinajstić information content (AvgIpc) is 2.79. The van der Waals surface area contributed by atoms with Crippen molar-refractivity contribution in [2.75, 3.05) is 26.0 Å². The molecular weight excluding hydrogens is 416 g/mol. The lowest BCUT2D eigenvalue weighted by atomic mass is 10.1. The number of hydrogen-bond donors (Lipinski definition) is 1. The molecule has 1 amide bonds. The van der Waals surface area contributed by atoms with Crippen molar-refractivity contribution in [3.63, 3.8) is 0 Å². The minimum Gasteiger partial charge on any atom is -0.496 e. The Kier molecular flexibility index (Phi) is 6.81. The number of hydrogen-bond acceptors (Lipinski definition) is 5. The Morgan fingerprint density at radius 2 is 1.52 bits per heavy atom. The van der Waals surface area contributed by atoms with Crippen molar-refractivity contribution in [2.45, 2.75) is 11.4 Å². The molecule has 31 heavy (non-hydrogen) atoms. The molecule has 0 aromatic heterocycles. The van der Waals surface area contributed by atoms with Crippen LogP contribution in [0.1, 0.15) is 15.9 Å². The normalized spacial score (nSPS) is 10.9. The first-order chi connectivity index (χ1) is 14.9. The second kappa shape index (κ2) is 9.53. The van der Waals surface area contributed by atoms with Crippen molar-refractivity contribution in [1.29, 1.82) is 0 Å². The standard InChI is InChI=1S/C23H24N2O5S/c1-25(16-20-21(29-2)13-8-14-22(20)30-3)23(26)17-9-7-12-19(15-17)31(27,28)24-18-10-5-4-6-11-18/h4-15,24H,16H2,1-3H3. The lowest BCUT2D eigenvalue weighted by Gasteiger charge is -2.21. The third-order valence-corrected chi connectivity index (χ3v) is 6.07. The first-order valence-corrected chi connectivity index (χ1v) is 11.0. The predicted molar refractivity (Wildman–Crippen MR) is 119 cm³/mol. The molecular formula is C23H24N2O5S. The number of methoxy groups -OCH3 is 2.